The van der Waals surface area contributed by atoms with Crippen molar-refractivity contribution in [1.82, 2.24) is 4.31 Å². The zero-order valence-electron chi connectivity index (χ0n) is 18.5. The van der Waals surface area contributed by atoms with E-state index in [1.807, 2.05) is 19.9 Å². The molecule has 1 amide bonds. The van der Waals surface area contributed by atoms with Gasteiger partial charge in [0, 0.05) is 24.3 Å². The van der Waals surface area contributed by atoms with E-state index in [2.05, 4.69) is 5.32 Å². The van der Waals surface area contributed by atoms with Crippen molar-refractivity contribution in [3.8, 4) is 5.75 Å². The molecule has 0 heterocycles. The molecule has 3 rings (SSSR count). The van der Waals surface area contributed by atoms with Crippen LogP contribution in [0.3, 0.4) is 0 Å². The average Bonchev–Trinajstić information content (AvgIpc) is 2.79. The van der Waals surface area contributed by atoms with Gasteiger partial charge < -0.3 is 10.1 Å². The summed E-state index contributed by atoms with van der Waals surface area (Å²) in [7, 11) is -1.89. The summed E-state index contributed by atoms with van der Waals surface area (Å²) in [4.78, 5) is 12.9. The molecule has 31 heavy (non-hydrogen) atoms. The highest BCUT2D eigenvalue weighted by molar-refractivity contribution is 7.89. The Bertz CT molecular complexity index is 983. The Morgan fingerprint density at radius 3 is 2.45 bits per heavy atom. The molecule has 1 saturated carbocycles. The Hall–Kier alpha value is -2.38. The van der Waals surface area contributed by atoms with E-state index in [9.17, 15) is 13.2 Å². The average molecular weight is 445 g/mol. The van der Waals surface area contributed by atoms with Crippen LogP contribution >= 0.6 is 0 Å². The minimum Gasteiger partial charge on any atom is -0.491 e. The van der Waals surface area contributed by atoms with Gasteiger partial charge in [-0.15, -0.1) is 0 Å². The second-order valence-electron chi connectivity index (χ2n) is 8.16. The Morgan fingerprint density at radius 1 is 1.13 bits per heavy atom. The Labute approximate surface area is 185 Å². The fourth-order valence-electron chi connectivity index (χ4n) is 3.75. The van der Waals surface area contributed by atoms with Crippen molar-refractivity contribution in [3.05, 3.63) is 54.1 Å². The molecule has 0 aromatic heterocycles. The van der Waals surface area contributed by atoms with Gasteiger partial charge in [0.2, 0.25) is 10.0 Å². The predicted octanol–water partition coefficient (Wildman–Crippen LogP) is 5.07. The van der Waals surface area contributed by atoms with Crippen molar-refractivity contribution >= 4 is 21.6 Å². The van der Waals surface area contributed by atoms with E-state index in [0.717, 1.165) is 32.1 Å². The fraction of sp³-hybridized carbons (Fsp3) is 0.458. The number of hydrogen-bond acceptors (Lipinski definition) is 4. The number of benzene rings is 2. The number of ether oxygens (including phenoxy) is 1. The molecule has 1 atom stereocenters. The van der Waals surface area contributed by atoms with E-state index in [0.29, 0.717) is 17.0 Å². The second kappa shape index (κ2) is 10.3. The molecule has 0 radical (unpaired) electrons. The molecule has 0 saturated heterocycles. The molecule has 0 bridgehead atoms. The van der Waals surface area contributed by atoms with Crippen molar-refractivity contribution in [3.63, 3.8) is 0 Å². The Kier molecular flexibility index (Phi) is 7.73. The van der Waals surface area contributed by atoms with Gasteiger partial charge in [-0.25, -0.2) is 8.42 Å². The maximum atomic E-state index is 13.0. The van der Waals surface area contributed by atoms with Gasteiger partial charge in [-0.2, -0.15) is 4.31 Å². The minimum absolute atomic E-state index is 0.0584. The fourth-order valence-corrected chi connectivity index (χ4v) is 5.16. The van der Waals surface area contributed by atoms with Gasteiger partial charge in [0.25, 0.3) is 5.91 Å². The van der Waals surface area contributed by atoms with Crippen LogP contribution in [0.25, 0.3) is 0 Å². The summed E-state index contributed by atoms with van der Waals surface area (Å²) in [5.41, 5.74) is 1.02. The molecule has 1 aliphatic rings. The number of rotatable bonds is 8. The lowest BCUT2D eigenvalue weighted by Gasteiger charge is -2.30. The third-order valence-electron chi connectivity index (χ3n) is 5.89. The van der Waals surface area contributed by atoms with Crippen LogP contribution in [0.2, 0.25) is 0 Å². The molecule has 1 unspecified atom stereocenters. The maximum Gasteiger partial charge on any atom is 0.255 e. The lowest BCUT2D eigenvalue weighted by molar-refractivity contribution is 0.102. The number of amides is 1. The Balaban J connectivity index is 1.67. The quantitative estimate of drug-likeness (QED) is 0.617. The van der Waals surface area contributed by atoms with Crippen molar-refractivity contribution in [2.45, 2.75) is 69.4 Å². The van der Waals surface area contributed by atoms with E-state index in [4.69, 9.17) is 4.74 Å². The number of nitrogens with zero attached hydrogens (tertiary/aromatic N) is 1. The van der Waals surface area contributed by atoms with Crippen LogP contribution in [0.15, 0.2) is 53.4 Å². The van der Waals surface area contributed by atoms with Crippen LogP contribution < -0.4 is 10.1 Å². The zero-order chi connectivity index (χ0) is 22.4. The molecule has 7 heteroatoms. The summed E-state index contributed by atoms with van der Waals surface area (Å²) in [5.74, 6) is 0.374. The van der Waals surface area contributed by atoms with E-state index < -0.39 is 10.0 Å². The van der Waals surface area contributed by atoms with Gasteiger partial charge in [-0.3, -0.25) is 4.79 Å². The highest BCUT2D eigenvalue weighted by Crippen LogP contribution is 2.27. The molecule has 168 valence electrons. The monoisotopic (exact) mass is 444 g/mol. The number of carbonyl (C=O) groups is 1. The molecule has 0 aliphatic heterocycles. The molecule has 6 nitrogen and oxygen atoms in total. The number of nitrogens with one attached hydrogen (secondary N) is 1. The largest absolute Gasteiger partial charge is 0.491 e. The van der Waals surface area contributed by atoms with Gasteiger partial charge in [0.1, 0.15) is 5.75 Å². The van der Waals surface area contributed by atoms with Crippen LogP contribution in [0.1, 0.15) is 62.7 Å². The zero-order valence-corrected chi connectivity index (χ0v) is 19.3. The first kappa shape index (κ1) is 23.3. The van der Waals surface area contributed by atoms with Gasteiger partial charge in [0.05, 0.1) is 11.0 Å². The van der Waals surface area contributed by atoms with Crippen LogP contribution in [-0.4, -0.2) is 37.8 Å². The van der Waals surface area contributed by atoms with Crippen molar-refractivity contribution in [2.75, 3.05) is 12.4 Å². The van der Waals surface area contributed by atoms with Crippen LogP contribution in [0.4, 0.5) is 5.69 Å². The number of carbonyl (C=O) groups excluding carboxylic acids is 1. The van der Waals surface area contributed by atoms with E-state index >= 15 is 0 Å². The second-order valence-corrected chi connectivity index (χ2v) is 10.2. The third kappa shape index (κ3) is 5.86. The minimum atomic E-state index is -3.55. The standard InChI is InChI=1S/C24H32N2O4S/c1-4-18(2)30-22-12-8-9-19(17-22)24(27)25-20-13-15-23(16-14-20)31(28,29)26(3)21-10-6-5-7-11-21/h8-9,12-18,21H,4-7,10-11H2,1-3H3,(H,25,27). The first-order valence-corrected chi connectivity index (χ1v) is 12.4. The van der Waals surface area contributed by atoms with E-state index in [1.54, 1.807) is 49.5 Å². The summed E-state index contributed by atoms with van der Waals surface area (Å²) in [6.07, 6.45) is 6.07. The van der Waals surface area contributed by atoms with Gasteiger partial charge in [-0.05, 0) is 68.7 Å². The molecular weight excluding hydrogens is 412 g/mol. The highest BCUT2D eigenvalue weighted by atomic mass is 32.2. The lowest BCUT2D eigenvalue weighted by Crippen LogP contribution is -2.38. The number of sulfonamides is 1. The van der Waals surface area contributed by atoms with Crippen molar-refractivity contribution in [2.24, 2.45) is 0 Å². The first-order chi connectivity index (χ1) is 14.8. The SMILES string of the molecule is CCC(C)Oc1cccc(C(=O)Nc2ccc(S(=O)(=O)N(C)C3CCCCC3)cc2)c1. The molecule has 1 aliphatic carbocycles. The molecule has 0 spiro atoms. The Morgan fingerprint density at radius 2 is 1.81 bits per heavy atom. The smallest absolute Gasteiger partial charge is 0.255 e. The lowest BCUT2D eigenvalue weighted by atomic mass is 9.96. The first-order valence-electron chi connectivity index (χ1n) is 11.0. The van der Waals surface area contributed by atoms with Crippen LogP contribution in [0, 0.1) is 0 Å². The number of anilines is 1. The van der Waals surface area contributed by atoms with Gasteiger partial charge >= 0.3 is 0 Å². The summed E-state index contributed by atoms with van der Waals surface area (Å²) >= 11 is 0. The van der Waals surface area contributed by atoms with Gasteiger partial charge in [-0.1, -0.05) is 32.3 Å². The summed E-state index contributed by atoms with van der Waals surface area (Å²) in [6.45, 7) is 4.02. The number of hydrogen-bond donors (Lipinski definition) is 1. The van der Waals surface area contributed by atoms with Crippen LogP contribution in [0.5, 0.6) is 5.75 Å². The van der Waals surface area contributed by atoms with Crippen molar-refractivity contribution < 1.29 is 17.9 Å². The molecule has 2 aromatic rings. The van der Waals surface area contributed by atoms with E-state index in [-0.39, 0.29) is 22.9 Å². The molecule has 1 N–H and O–H groups in total. The highest BCUT2D eigenvalue weighted by Gasteiger charge is 2.28. The normalized spacial score (nSPS) is 16.1. The molecule has 2 aromatic carbocycles. The van der Waals surface area contributed by atoms with E-state index in [1.165, 1.54) is 10.7 Å². The van der Waals surface area contributed by atoms with Crippen molar-refractivity contribution in [1.29, 1.82) is 0 Å². The van der Waals surface area contributed by atoms with Crippen LogP contribution in [-0.2, 0) is 10.0 Å². The summed E-state index contributed by atoms with van der Waals surface area (Å²) in [5, 5.41) is 2.82. The molecular formula is C24H32N2O4S. The third-order valence-corrected chi connectivity index (χ3v) is 7.81. The molecule has 1 fully saturated rings. The topological polar surface area (TPSA) is 75.7 Å². The maximum absolute atomic E-state index is 13.0. The summed E-state index contributed by atoms with van der Waals surface area (Å²) < 4.78 is 33.2. The summed E-state index contributed by atoms with van der Waals surface area (Å²) in [6, 6.07) is 13.4. The predicted molar refractivity (Wildman–Crippen MR) is 123 cm³/mol. The van der Waals surface area contributed by atoms with Gasteiger partial charge in [0.15, 0.2) is 0 Å².